The van der Waals surface area contributed by atoms with E-state index in [0.29, 0.717) is 48.9 Å². The summed E-state index contributed by atoms with van der Waals surface area (Å²) in [6.45, 7) is 0.817. The summed E-state index contributed by atoms with van der Waals surface area (Å²) in [5.41, 5.74) is 1.79. The Kier molecular flexibility index (Phi) is 7.55. The number of benzene rings is 2. The van der Waals surface area contributed by atoms with Crippen LogP contribution in [0.1, 0.15) is 36.3 Å². The van der Waals surface area contributed by atoms with Gasteiger partial charge in [-0.05, 0) is 36.6 Å². The number of rotatable bonds is 9. The molecule has 2 atom stereocenters. The van der Waals surface area contributed by atoms with Gasteiger partial charge in [0.1, 0.15) is 5.58 Å². The number of para-hydroxylation sites is 1. The highest BCUT2D eigenvalue weighted by Crippen LogP contribution is 2.31. The van der Waals surface area contributed by atoms with Crippen molar-refractivity contribution in [3.8, 4) is 0 Å². The molecule has 2 heterocycles. The molecule has 7 heteroatoms. The number of unbranched alkanes of at least 4 members (excludes halogenated alkanes) is 1. The predicted octanol–water partition coefficient (Wildman–Crippen LogP) is 3.61. The summed E-state index contributed by atoms with van der Waals surface area (Å²) in [4.78, 5) is 26.0. The molecule has 1 aromatic heterocycles. The predicted molar refractivity (Wildman–Crippen MR) is 123 cm³/mol. The molecule has 0 aliphatic carbocycles. The molecule has 1 aliphatic rings. The van der Waals surface area contributed by atoms with Crippen molar-refractivity contribution in [2.75, 3.05) is 13.2 Å². The number of carbonyl (C=O) groups is 1. The van der Waals surface area contributed by atoms with E-state index < -0.39 is 12.2 Å². The van der Waals surface area contributed by atoms with Crippen LogP contribution in [0.4, 0.5) is 0 Å². The monoisotopic (exact) mass is 449 g/mol. The third kappa shape index (κ3) is 5.69. The van der Waals surface area contributed by atoms with Crippen molar-refractivity contribution in [2.24, 2.45) is 0 Å². The first kappa shape index (κ1) is 22.8. The highest BCUT2D eigenvalue weighted by atomic mass is 16.7. The lowest BCUT2D eigenvalue weighted by Gasteiger charge is -2.29. The number of fused-ring (bicyclic) bond motifs is 1. The fourth-order valence-electron chi connectivity index (χ4n) is 3.78. The van der Waals surface area contributed by atoms with Gasteiger partial charge in [-0.25, -0.2) is 0 Å². The minimum atomic E-state index is -0.693. The van der Waals surface area contributed by atoms with E-state index in [1.54, 1.807) is 24.3 Å². The van der Waals surface area contributed by atoms with E-state index in [9.17, 15) is 9.59 Å². The molecule has 2 N–H and O–H groups in total. The van der Waals surface area contributed by atoms with Crippen LogP contribution in [0.15, 0.2) is 81.9 Å². The van der Waals surface area contributed by atoms with E-state index in [-0.39, 0.29) is 23.7 Å². The summed E-state index contributed by atoms with van der Waals surface area (Å²) in [6.07, 6.45) is 4.08. The Morgan fingerprint density at radius 2 is 1.88 bits per heavy atom. The first-order valence-corrected chi connectivity index (χ1v) is 11.1. The normalized spacial score (nSPS) is 17.9. The lowest BCUT2D eigenvalue weighted by atomic mass is 9.93. The Morgan fingerprint density at radius 3 is 2.70 bits per heavy atom. The topological polar surface area (TPSA) is 98.0 Å². The van der Waals surface area contributed by atoms with Gasteiger partial charge in [-0.3, -0.25) is 9.59 Å². The van der Waals surface area contributed by atoms with E-state index >= 15 is 0 Å². The minimum absolute atomic E-state index is 0.0860. The quantitative estimate of drug-likeness (QED) is 0.485. The number of hydrogen-bond acceptors (Lipinski definition) is 6. The first-order valence-electron chi connectivity index (χ1n) is 11.1. The van der Waals surface area contributed by atoms with Crippen LogP contribution < -0.4 is 10.7 Å². The van der Waals surface area contributed by atoms with Gasteiger partial charge >= 0.3 is 0 Å². The van der Waals surface area contributed by atoms with Crippen LogP contribution >= 0.6 is 0 Å². The third-order valence-corrected chi connectivity index (χ3v) is 5.54. The smallest absolute Gasteiger partial charge is 0.286 e. The van der Waals surface area contributed by atoms with Crippen molar-refractivity contribution in [2.45, 2.75) is 38.0 Å². The van der Waals surface area contributed by atoms with Crippen LogP contribution in [-0.4, -0.2) is 30.5 Å². The maximum atomic E-state index is 13.1. The van der Waals surface area contributed by atoms with E-state index in [0.717, 1.165) is 5.56 Å². The van der Waals surface area contributed by atoms with Crippen LogP contribution in [0.25, 0.3) is 11.0 Å². The SMILES string of the molecule is O=C(NCc1ccccc1)C1=C[C@@H](c2coc3ccccc3c2=O)C[C@@H](OCCCCO)O1. The Labute approximate surface area is 191 Å². The molecule has 1 aliphatic heterocycles. The second-order valence-electron chi connectivity index (χ2n) is 7.91. The largest absolute Gasteiger partial charge is 0.464 e. The third-order valence-electron chi connectivity index (χ3n) is 5.54. The molecule has 3 aromatic rings. The Hall–Kier alpha value is -3.42. The molecule has 0 spiro atoms. The summed E-state index contributed by atoms with van der Waals surface area (Å²) in [6, 6.07) is 16.6. The fourth-order valence-corrected chi connectivity index (χ4v) is 3.78. The molecule has 7 nitrogen and oxygen atoms in total. The number of aliphatic hydroxyl groups is 1. The van der Waals surface area contributed by atoms with E-state index in [2.05, 4.69) is 5.32 Å². The molecule has 0 unspecified atom stereocenters. The molecular weight excluding hydrogens is 422 g/mol. The minimum Gasteiger partial charge on any atom is -0.464 e. The molecule has 0 saturated carbocycles. The number of allylic oxidation sites excluding steroid dienone is 1. The van der Waals surface area contributed by atoms with Gasteiger partial charge in [0.05, 0.1) is 18.3 Å². The van der Waals surface area contributed by atoms with Crippen LogP contribution in [0, 0.1) is 0 Å². The zero-order valence-electron chi connectivity index (χ0n) is 18.2. The maximum absolute atomic E-state index is 13.1. The molecule has 1 amide bonds. The number of nitrogens with one attached hydrogen (secondary N) is 1. The van der Waals surface area contributed by atoms with E-state index in [1.807, 2.05) is 36.4 Å². The summed E-state index contributed by atoms with van der Waals surface area (Å²) in [7, 11) is 0. The van der Waals surface area contributed by atoms with Gasteiger partial charge in [0.2, 0.25) is 6.29 Å². The lowest BCUT2D eigenvalue weighted by molar-refractivity contribution is -0.146. The number of ether oxygens (including phenoxy) is 2. The highest BCUT2D eigenvalue weighted by molar-refractivity contribution is 5.91. The van der Waals surface area contributed by atoms with Gasteiger partial charge < -0.3 is 24.3 Å². The molecule has 172 valence electrons. The van der Waals surface area contributed by atoms with Gasteiger partial charge in [0, 0.05) is 31.1 Å². The molecule has 0 saturated heterocycles. The second-order valence-corrected chi connectivity index (χ2v) is 7.91. The summed E-state index contributed by atoms with van der Waals surface area (Å²) in [5, 5.41) is 12.3. The summed E-state index contributed by atoms with van der Waals surface area (Å²) >= 11 is 0. The van der Waals surface area contributed by atoms with Gasteiger partial charge in [-0.2, -0.15) is 0 Å². The zero-order valence-corrected chi connectivity index (χ0v) is 18.2. The standard InChI is InChI=1S/C26H27NO6/c28-12-6-7-13-31-24-15-19(21-17-32-22-11-5-4-10-20(22)25(21)29)14-23(33-24)26(30)27-16-18-8-2-1-3-9-18/h1-5,8-11,14,17,19,24,28H,6-7,12-13,15-16H2,(H,27,30)/t19-,24+/m1/s1. The maximum Gasteiger partial charge on any atom is 0.286 e. The molecule has 0 fully saturated rings. The number of aliphatic hydroxyl groups excluding tert-OH is 1. The Bertz CT molecular complexity index is 1170. The molecule has 0 radical (unpaired) electrons. The van der Waals surface area contributed by atoms with E-state index in [4.69, 9.17) is 19.0 Å². The second kappa shape index (κ2) is 10.9. The van der Waals surface area contributed by atoms with Crippen LogP contribution in [0.5, 0.6) is 0 Å². The van der Waals surface area contributed by atoms with Crippen molar-refractivity contribution in [3.05, 3.63) is 94.0 Å². The van der Waals surface area contributed by atoms with Crippen molar-refractivity contribution >= 4 is 16.9 Å². The van der Waals surface area contributed by atoms with Crippen LogP contribution in [-0.2, 0) is 20.8 Å². The van der Waals surface area contributed by atoms with Crippen molar-refractivity contribution < 1.29 is 23.8 Å². The van der Waals surface area contributed by atoms with Crippen LogP contribution in [0.2, 0.25) is 0 Å². The Morgan fingerprint density at radius 1 is 1.09 bits per heavy atom. The summed E-state index contributed by atoms with van der Waals surface area (Å²) < 4.78 is 17.3. The van der Waals surface area contributed by atoms with Gasteiger partial charge in [-0.1, -0.05) is 42.5 Å². The Balaban J connectivity index is 1.56. The zero-order chi connectivity index (χ0) is 23.0. The molecule has 33 heavy (non-hydrogen) atoms. The molecule has 4 rings (SSSR count). The van der Waals surface area contributed by atoms with Crippen molar-refractivity contribution in [1.82, 2.24) is 5.32 Å². The number of hydrogen-bond donors (Lipinski definition) is 2. The van der Waals surface area contributed by atoms with Gasteiger partial charge in [0.15, 0.2) is 11.2 Å². The molecule has 2 aromatic carbocycles. The molecular formula is C26H27NO6. The number of carbonyl (C=O) groups excluding carboxylic acids is 1. The average Bonchev–Trinajstić information content (AvgIpc) is 2.86. The van der Waals surface area contributed by atoms with Crippen LogP contribution in [0.3, 0.4) is 0 Å². The molecule has 0 bridgehead atoms. The van der Waals surface area contributed by atoms with Crippen molar-refractivity contribution in [3.63, 3.8) is 0 Å². The fraction of sp³-hybridized carbons (Fsp3) is 0.308. The van der Waals surface area contributed by atoms with Gasteiger partial charge in [0.25, 0.3) is 5.91 Å². The summed E-state index contributed by atoms with van der Waals surface area (Å²) in [5.74, 6) is -0.667. The van der Waals surface area contributed by atoms with Crippen molar-refractivity contribution in [1.29, 1.82) is 0 Å². The van der Waals surface area contributed by atoms with E-state index in [1.165, 1.54) is 6.26 Å². The van der Waals surface area contributed by atoms with Gasteiger partial charge in [-0.15, -0.1) is 0 Å². The first-order chi connectivity index (χ1) is 16.2. The lowest BCUT2D eigenvalue weighted by Crippen LogP contribution is -2.33. The highest BCUT2D eigenvalue weighted by Gasteiger charge is 2.30. The number of amides is 1. The average molecular weight is 450 g/mol.